The number of likely N-dealkylation sites (tertiary alicyclic amines) is 1. The van der Waals surface area contributed by atoms with Crippen molar-refractivity contribution in [3.8, 4) is 11.1 Å². The van der Waals surface area contributed by atoms with E-state index in [9.17, 15) is 9.18 Å². The molecule has 0 spiro atoms. The van der Waals surface area contributed by atoms with Gasteiger partial charge in [0.15, 0.2) is 0 Å². The van der Waals surface area contributed by atoms with Crippen molar-refractivity contribution in [1.82, 2.24) is 19.8 Å². The second-order valence-electron chi connectivity index (χ2n) is 9.86. The number of nitrogens with two attached hydrogens (primary N) is 1. The Bertz CT molecular complexity index is 1460. The molecule has 6 rings (SSSR count). The monoisotopic (exact) mass is 481 g/mol. The third-order valence-electron chi connectivity index (χ3n) is 7.49. The van der Waals surface area contributed by atoms with Gasteiger partial charge in [-0.2, -0.15) is 0 Å². The molecule has 7 heteroatoms. The number of fused-ring (bicyclic) bond motifs is 2. The second-order valence-corrected chi connectivity index (χ2v) is 9.86. The van der Waals surface area contributed by atoms with E-state index in [1.165, 1.54) is 18.9 Å². The van der Waals surface area contributed by atoms with E-state index >= 15 is 0 Å². The van der Waals surface area contributed by atoms with Crippen LogP contribution in [0.5, 0.6) is 0 Å². The number of nitrogen functional groups attached to an aromatic ring is 1. The maximum atomic E-state index is 14.4. The van der Waals surface area contributed by atoms with Crippen LogP contribution in [0.1, 0.15) is 46.9 Å². The number of anilines is 1. The van der Waals surface area contributed by atoms with E-state index in [0.29, 0.717) is 30.0 Å². The molecule has 1 fully saturated rings. The van der Waals surface area contributed by atoms with Crippen molar-refractivity contribution in [2.75, 3.05) is 12.3 Å². The molecule has 4 aromatic rings. The summed E-state index contributed by atoms with van der Waals surface area (Å²) < 4.78 is 14.4. The zero-order chi connectivity index (χ0) is 24.8. The van der Waals surface area contributed by atoms with Crippen molar-refractivity contribution in [3.05, 3.63) is 88.9 Å². The van der Waals surface area contributed by atoms with Gasteiger partial charge in [0.2, 0.25) is 5.95 Å². The SMILES string of the molecule is CC1CCCN1Cc1ccc(F)cc1-c1ccc2nc(N)nc(C(=O)N3Cc4ccccc4C3)c2c1. The minimum Gasteiger partial charge on any atom is -0.368 e. The van der Waals surface area contributed by atoms with Crippen molar-refractivity contribution in [2.45, 2.75) is 45.4 Å². The van der Waals surface area contributed by atoms with Crippen LogP contribution in [0.25, 0.3) is 22.0 Å². The number of hydrogen-bond acceptors (Lipinski definition) is 5. The summed E-state index contributed by atoms with van der Waals surface area (Å²) in [6.45, 7) is 5.09. The Kier molecular flexibility index (Phi) is 5.64. The van der Waals surface area contributed by atoms with E-state index in [4.69, 9.17) is 5.73 Å². The predicted molar refractivity (Wildman–Crippen MR) is 138 cm³/mol. The quantitative estimate of drug-likeness (QED) is 0.436. The fourth-order valence-electron chi connectivity index (χ4n) is 5.51. The third kappa shape index (κ3) is 4.09. The standard InChI is InChI=1S/C29H28FN5O/c1-18-5-4-12-34(18)17-22-8-10-23(30)14-24(22)19-9-11-26-25(13-19)27(33-29(31)32-26)28(36)35-15-20-6-2-3-7-21(20)16-35/h2-3,6-11,13-14,18H,4-5,12,15-17H2,1H3,(H2,31,32,33). The molecule has 36 heavy (non-hydrogen) atoms. The van der Waals surface area contributed by atoms with Gasteiger partial charge in [0, 0.05) is 31.1 Å². The minimum absolute atomic E-state index is 0.0600. The lowest BCUT2D eigenvalue weighted by Crippen LogP contribution is -2.27. The van der Waals surface area contributed by atoms with E-state index in [1.807, 2.05) is 48.5 Å². The molecule has 0 bridgehead atoms. The van der Waals surface area contributed by atoms with E-state index in [-0.39, 0.29) is 23.4 Å². The number of hydrogen-bond donors (Lipinski definition) is 1. The molecule has 0 radical (unpaired) electrons. The van der Waals surface area contributed by atoms with Gasteiger partial charge in [-0.3, -0.25) is 9.69 Å². The number of amides is 1. The van der Waals surface area contributed by atoms with Crippen molar-refractivity contribution in [1.29, 1.82) is 0 Å². The Morgan fingerprint density at radius 1 is 1.06 bits per heavy atom. The smallest absolute Gasteiger partial charge is 0.273 e. The molecule has 182 valence electrons. The van der Waals surface area contributed by atoms with E-state index in [2.05, 4.69) is 21.8 Å². The van der Waals surface area contributed by atoms with Gasteiger partial charge in [0.25, 0.3) is 5.91 Å². The molecule has 2 N–H and O–H groups in total. The summed E-state index contributed by atoms with van der Waals surface area (Å²) in [4.78, 5) is 26.6. The van der Waals surface area contributed by atoms with Gasteiger partial charge >= 0.3 is 0 Å². The van der Waals surface area contributed by atoms with E-state index < -0.39 is 0 Å². The molecule has 1 saturated heterocycles. The van der Waals surface area contributed by atoms with Gasteiger partial charge in [0.1, 0.15) is 11.5 Å². The predicted octanol–water partition coefficient (Wildman–Crippen LogP) is 5.16. The fraction of sp³-hybridized carbons (Fsp3) is 0.276. The van der Waals surface area contributed by atoms with Crippen molar-refractivity contribution < 1.29 is 9.18 Å². The highest BCUT2D eigenvalue weighted by Crippen LogP contribution is 2.32. The summed E-state index contributed by atoms with van der Waals surface area (Å²) in [6.07, 6.45) is 2.36. The molecule has 6 nitrogen and oxygen atoms in total. The number of carbonyl (C=O) groups is 1. The topological polar surface area (TPSA) is 75.4 Å². The highest BCUT2D eigenvalue weighted by atomic mass is 19.1. The van der Waals surface area contributed by atoms with Crippen LogP contribution < -0.4 is 5.73 Å². The lowest BCUT2D eigenvalue weighted by atomic mass is 9.97. The van der Waals surface area contributed by atoms with Crippen LogP contribution in [0.3, 0.4) is 0 Å². The molecular formula is C29H28FN5O. The van der Waals surface area contributed by atoms with Crippen molar-refractivity contribution in [2.24, 2.45) is 0 Å². The van der Waals surface area contributed by atoms with E-state index in [0.717, 1.165) is 40.9 Å². The van der Waals surface area contributed by atoms with Crippen molar-refractivity contribution >= 4 is 22.8 Å². The summed E-state index contributed by atoms with van der Waals surface area (Å²) >= 11 is 0. The largest absolute Gasteiger partial charge is 0.368 e. The first-order valence-corrected chi connectivity index (χ1v) is 12.4. The summed E-state index contributed by atoms with van der Waals surface area (Å²) in [5.41, 5.74) is 11.8. The molecule has 1 atom stereocenters. The molecule has 3 heterocycles. The number of halogens is 1. The molecule has 1 amide bonds. The van der Waals surface area contributed by atoms with Gasteiger partial charge in [-0.05, 0) is 78.4 Å². The van der Waals surface area contributed by atoms with Gasteiger partial charge in [0.05, 0.1) is 5.52 Å². The number of aromatic nitrogens is 2. The minimum atomic E-state index is -0.289. The molecule has 2 aliphatic rings. The highest BCUT2D eigenvalue weighted by Gasteiger charge is 2.27. The lowest BCUT2D eigenvalue weighted by molar-refractivity contribution is 0.0747. The molecule has 0 saturated carbocycles. The summed E-state index contributed by atoms with van der Waals surface area (Å²) in [6, 6.07) is 19.2. The zero-order valence-corrected chi connectivity index (χ0v) is 20.2. The van der Waals surface area contributed by atoms with Crippen LogP contribution in [0, 0.1) is 5.82 Å². The lowest BCUT2D eigenvalue weighted by Gasteiger charge is -2.23. The normalized spacial score (nSPS) is 17.6. The Morgan fingerprint density at radius 2 is 1.83 bits per heavy atom. The van der Waals surface area contributed by atoms with Gasteiger partial charge in [-0.15, -0.1) is 0 Å². The highest BCUT2D eigenvalue weighted by molar-refractivity contribution is 6.06. The fourth-order valence-corrected chi connectivity index (χ4v) is 5.51. The second kappa shape index (κ2) is 8.99. The Hall–Kier alpha value is -3.84. The number of carbonyl (C=O) groups excluding carboxylic acids is 1. The maximum Gasteiger partial charge on any atom is 0.273 e. The first-order chi connectivity index (χ1) is 17.5. The summed E-state index contributed by atoms with van der Waals surface area (Å²) in [5.74, 6) is -0.416. The van der Waals surface area contributed by atoms with Crippen LogP contribution in [0.2, 0.25) is 0 Å². The Morgan fingerprint density at radius 3 is 2.56 bits per heavy atom. The number of benzene rings is 3. The molecule has 1 aromatic heterocycles. The average Bonchev–Trinajstić information content (AvgIpc) is 3.50. The summed E-state index contributed by atoms with van der Waals surface area (Å²) in [5, 5.41) is 0.618. The van der Waals surface area contributed by atoms with Gasteiger partial charge < -0.3 is 10.6 Å². The zero-order valence-electron chi connectivity index (χ0n) is 20.2. The van der Waals surface area contributed by atoms with Crippen LogP contribution in [0.15, 0.2) is 60.7 Å². The first kappa shape index (κ1) is 22.6. The Labute approximate surface area is 209 Å². The first-order valence-electron chi connectivity index (χ1n) is 12.4. The average molecular weight is 482 g/mol. The molecular weight excluding hydrogens is 453 g/mol. The molecule has 3 aromatic carbocycles. The Balaban J connectivity index is 1.40. The molecule has 2 aliphatic heterocycles. The van der Waals surface area contributed by atoms with Crippen LogP contribution in [0.4, 0.5) is 10.3 Å². The molecule has 0 aliphatic carbocycles. The van der Waals surface area contributed by atoms with Crippen molar-refractivity contribution in [3.63, 3.8) is 0 Å². The van der Waals surface area contributed by atoms with Crippen LogP contribution in [-0.2, 0) is 19.6 Å². The van der Waals surface area contributed by atoms with Gasteiger partial charge in [-0.1, -0.05) is 36.4 Å². The third-order valence-corrected chi connectivity index (χ3v) is 7.49. The number of rotatable bonds is 4. The van der Waals surface area contributed by atoms with Gasteiger partial charge in [-0.25, -0.2) is 14.4 Å². The van der Waals surface area contributed by atoms with E-state index in [1.54, 1.807) is 11.0 Å². The van der Waals surface area contributed by atoms with Crippen LogP contribution >= 0.6 is 0 Å². The number of nitrogens with zero attached hydrogens (tertiary/aromatic N) is 4. The van der Waals surface area contributed by atoms with Crippen LogP contribution in [-0.4, -0.2) is 38.3 Å². The summed E-state index contributed by atoms with van der Waals surface area (Å²) in [7, 11) is 0. The molecule has 1 unspecified atom stereocenters. The maximum absolute atomic E-state index is 14.4.